The quantitative estimate of drug-likeness (QED) is 0.765. The van der Waals surface area contributed by atoms with E-state index in [1.807, 2.05) is 31.1 Å². The number of amides is 1. The molecule has 1 saturated carbocycles. The van der Waals surface area contributed by atoms with Gasteiger partial charge in [0.2, 0.25) is 0 Å². The highest BCUT2D eigenvalue weighted by Gasteiger charge is 2.53. The number of nitrogens with zero attached hydrogens (tertiary/aromatic N) is 3. The Morgan fingerprint density at radius 3 is 2.66 bits per heavy atom. The van der Waals surface area contributed by atoms with Crippen molar-refractivity contribution >= 4 is 11.7 Å². The van der Waals surface area contributed by atoms with Crippen LogP contribution in [0.1, 0.15) is 44.7 Å². The van der Waals surface area contributed by atoms with E-state index in [1.54, 1.807) is 12.4 Å². The Bertz CT molecular complexity index is 820. The lowest BCUT2D eigenvalue weighted by atomic mass is 9.70. The summed E-state index contributed by atoms with van der Waals surface area (Å²) in [6, 6.07) is 3.42. The van der Waals surface area contributed by atoms with Crippen LogP contribution in [0.5, 0.6) is 0 Å². The Morgan fingerprint density at radius 2 is 1.97 bits per heavy atom. The molecule has 5 unspecified atom stereocenters. The zero-order valence-electron chi connectivity index (χ0n) is 17.8. The van der Waals surface area contributed by atoms with Crippen molar-refractivity contribution in [3.8, 4) is 0 Å². The van der Waals surface area contributed by atoms with Gasteiger partial charge in [0, 0.05) is 18.9 Å². The number of carbonyl (C=O) groups excluding carboxylic acids is 2. The van der Waals surface area contributed by atoms with Crippen LogP contribution >= 0.6 is 0 Å². The lowest BCUT2D eigenvalue weighted by molar-refractivity contribution is -0.137. The molecule has 5 atom stereocenters. The number of rotatable bonds is 5. The van der Waals surface area contributed by atoms with Gasteiger partial charge in [0.05, 0.1) is 17.5 Å². The molecule has 0 spiro atoms. The number of ketones is 1. The summed E-state index contributed by atoms with van der Waals surface area (Å²) in [5.41, 5.74) is 1.43. The first-order chi connectivity index (χ1) is 13.9. The van der Waals surface area contributed by atoms with Crippen LogP contribution in [0.15, 0.2) is 35.9 Å². The third-order valence-electron chi connectivity index (χ3n) is 6.81. The molecule has 3 heterocycles. The van der Waals surface area contributed by atoms with Gasteiger partial charge in [-0.3, -0.25) is 14.6 Å². The zero-order valence-corrected chi connectivity index (χ0v) is 17.8. The molecule has 0 bridgehead atoms. The number of ether oxygens (including phenoxy) is 1. The number of fused-ring (bicyclic) bond motifs is 1. The molecule has 6 heteroatoms. The molecule has 2 aliphatic heterocycles. The molecule has 0 aromatic carbocycles. The second-order valence-corrected chi connectivity index (χ2v) is 9.14. The summed E-state index contributed by atoms with van der Waals surface area (Å²) in [4.78, 5) is 35.1. The van der Waals surface area contributed by atoms with E-state index in [1.165, 1.54) is 0 Å². The molecule has 6 nitrogen and oxygen atoms in total. The monoisotopic (exact) mass is 397 g/mol. The Kier molecular flexibility index (Phi) is 5.47. The minimum atomic E-state index is -0.392. The fourth-order valence-corrected chi connectivity index (χ4v) is 4.98. The average molecular weight is 398 g/mol. The maximum absolute atomic E-state index is 13.6. The smallest absolute Gasteiger partial charge is 0.290 e. The molecule has 3 aliphatic rings. The maximum Gasteiger partial charge on any atom is 0.290 e. The molecule has 29 heavy (non-hydrogen) atoms. The lowest BCUT2D eigenvalue weighted by Crippen LogP contribution is -2.43. The van der Waals surface area contributed by atoms with Gasteiger partial charge in [-0.2, -0.15) is 0 Å². The summed E-state index contributed by atoms with van der Waals surface area (Å²) in [5.74, 6) is 1.08. The van der Waals surface area contributed by atoms with Gasteiger partial charge in [0.25, 0.3) is 5.91 Å². The third kappa shape index (κ3) is 3.59. The third-order valence-corrected chi connectivity index (χ3v) is 6.81. The van der Waals surface area contributed by atoms with E-state index in [0.717, 1.165) is 31.4 Å². The van der Waals surface area contributed by atoms with E-state index in [0.29, 0.717) is 24.0 Å². The zero-order chi connectivity index (χ0) is 20.7. The highest BCUT2D eigenvalue weighted by Crippen LogP contribution is 2.48. The molecule has 1 aromatic heterocycles. The summed E-state index contributed by atoms with van der Waals surface area (Å²) in [7, 11) is 4.04. The van der Waals surface area contributed by atoms with Crippen molar-refractivity contribution in [2.75, 3.05) is 27.2 Å². The number of pyridine rings is 1. The summed E-state index contributed by atoms with van der Waals surface area (Å²) < 4.78 is 6.26. The first kappa shape index (κ1) is 20.1. The topological polar surface area (TPSA) is 62.7 Å². The van der Waals surface area contributed by atoms with Crippen LogP contribution in [0.3, 0.4) is 0 Å². The minimum absolute atomic E-state index is 0.104. The molecule has 0 radical (unpaired) electrons. The van der Waals surface area contributed by atoms with Crippen LogP contribution in [-0.4, -0.2) is 59.8 Å². The normalized spacial score (nSPS) is 31.8. The number of hydrogen-bond donors (Lipinski definition) is 0. The van der Waals surface area contributed by atoms with Gasteiger partial charge in [-0.05, 0) is 63.4 Å². The largest absolute Gasteiger partial charge is 0.483 e. The maximum atomic E-state index is 13.6. The van der Waals surface area contributed by atoms with E-state index < -0.39 is 6.04 Å². The predicted molar refractivity (Wildman–Crippen MR) is 110 cm³/mol. The first-order valence-electron chi connectivity index (χ1n) is 10.7. The van der Waals surface area contributed by atoms with Crippen molar-refractivity contribution in [1.29, 1.82) is 0 Å². The van der Waals surface area contributed by atoms with E-state index in [2.05, 4.69) is 23.7 Å². The molecular formula is C23H31N3O3. The minimum Gasteiger partial charge on any atom is -0.483 e. The Balaban J connectivity index is 1.69. The molecule has 0 N–H and O–H groups in total. The standard InChI is InChI=1S/C23H31N3O3/c1-14-11-17-18(12-15(14)2)29-22-19(21(17)27)20(16-7-5-8-24-13-16)26(23(22)28)10-6-9-25(3)4/h5,7-8,13-15,17-18,20H,6,9-12H2,1-4H3. The Morgan fingerprint density at radius 1 is 1.21 bits per heavy atom. The van der Waals surface area contributed by atoms with E-state index in [-0.39, 0.29) is 29.5 Å². The van der Waals surface area contributed by atoms with Crippen LogP contribution in [0.25, 0.3) is 0 Å². The van der Waals surface area contributed by atoms with Crippen molar-refractivity contribution in [3.63, 3.8) is 0 Å². The van der Waals surface area contributed by atoms with Gasteiger partial charge >= 0.3 is 0 Å². The predicted octanol–water partition coefficient (Wildman–Crippen LogP) is 2.82. The van der Waals surface area contributed by atoms with E-state index in [9.17, 15) is 9.59 Å². The summed E-state index contributed by atoms with van der Waals surface area (Å²) in [5, 5.41) is 0. The van der Waals surface area contributed by atoms with Crippen molar-refractivity contribution < 1.29 is 14.3 Å². The number of Topliss-reactive ketones (excluding diaryl/α,β-unsaturated/α-hetero) is 1. The van der Waals surface area contributed by atoms with Crippen molar-refractivity contribution in [2.45, 2.75) is 45.3 Å². The second-order valence-electron chi connectivity index (χ2n) is 9.14. The molecule has 1 fully saturated rings. The van der Waals surface area contributed by atoms with Crippen molar-refractivity contribution in [1.82, 2.24) is 14.8 Å². The fourth-order valence-electron chi connectivity index (χ4n) is 4.98. The van der Waals surface area contributed by atoms with Crippen molar-refractivity contribution in [3.05, 3.63) is 41.4 Å². The molecule has 1 amide bonds. The number of aromatic nitrogens is 1. The van der Waals surface area contributed by atoms with Crippen LogP contribution in [0.4, 0.5) is 0 Å². The number of carbonyl (C=O) groups is 2. The van der Waals surface area contributed by atoms with Crippen LogP contribution in [0.2, 0.25) is 0 Å². The molecule has 4 rings (SSSR count). The first-order valence-corrected chi connectivity index (χ1v) is 10.7. The van der Waals surface area contributed by atoms with Crippen molar-refractivity contribution in [2.24, 2.45) is 17.8 Å². The Hall–Kier alpha value is -2.21. The van der Waals surface area contributed by atoms with Gasteiger partial charge < -0.3 is 14.5 Å². The van der Waals surface area contributed by atoms with E-state index >= 15 is 0 Å². The molecule has 1 aromatic rings. The van der Waals surface area contributed by atoms with Gasteiger partial charge in [-0.25, -0.2) is 0 Å². The van der Waals surface area contributed by atoms with E-state index in [4.69, 9.17) is 4.74 Å². The van der Waals surface area contributed by atoms with Gasteiger partial charge in [-0.15, -0.1) is 0 Å². The highest BCUT2D eigenvalue weighted by atomic mass is 16.5. The van der Waals surface area contributed by atoms with Gasteiger partial charge in [0.15, 0.2) is 11.5 Å². The molecular weight excluding hydrogens is 366 g/mol. The van der Waals surface area contributed by atoms with Gasteiger partial charge in [-0.1, -0.05) is 19.9 Å². The molecule has 1 aliphatic carbocycles. The molecule has 0 saturated heterocycles. The summed E-state index contributed by atoms with van der Waals surface area (Å²) in [6.45, 7) is 5.89. The Labute approximate surface area is 172 Å². The van der Waals surface area contributed by atoms with Crippen LogP contribution in [0, 0.1) is 17.8 Å². The SMILES string of the molecule is CC1CC2OC3=C(C(=O)C2CC1C)C(c1cccnc1)N(CCCN(C)C)C3=O. The lowest BCUT2D eigenvalue weighted by Gasteiger charge is -2.40. The summed E-state index contributed by atoms with van der Waals surface area (Å²) in [6.07, 6.45) is 5.80. The highest BCUT2D eigenvalue weighted by molar-refractivity contribution is 6.11. The van der Waals surface area contributed by atoms with Crippen LogP contribution < -0.4 is 0 Å². The number of hydrogen-bond acceptors (Lipinski definition) is 5. The second kappa shape index (κ2) is 7.90. The summed E-state index contributed by atoms with van der Waals surface area (Å²) >= 11 is 0. The average Bonchev–Trinajstić information content (AvgIpc) is 2.97. The van der Waals surface area contributed by atoms with Crippen LogP contribution in [-0.2, 0) is 14.3 Å². The van der Waals surface area contributed by atoms with Gasteiger partial charge in [0.1, 0.15) is 6.10 Å². The molecule has 156 valence electrons. The fraction of sp³-hybridized carbons (Fsp3) is 0.609.